The molecule has 0 aliphatic carbocycles. The summed E-state index contributed by atoms with van der Waals surface area (Å²) < 4.78 is 10.1. The van der Waals surface area contributed by atoms with Crippen molar-refractivity contribution in [2.45, 2.75) is 47.1 Å². The third kappa shape index (κ3) is 6.76. The molecule has 0 spiro atoms. The summed E-state index contributed by atoms with van der Waals surface area (Å²) in [5, 5.41) is 0. The highest BCUT2D eigenvalue weighted by Crippen LogP contribution is 2.13. The molecule has 0 aliphatic rings. The van der Waals surface area contributed by atoms with Crippen LogP contribution >= 0.6 is 0 Å². The normalized spacial score (nSPS) is 11.0. The van der Waals surface area contributed by atoms with Gasteiger partial charge >= 0.3 is 11.9 Å². The van der Waals surface area contributed by atoms with Crippen LogP contribution in [-0.4, -0.2) is 24.1 Å². The first-order valence-electron chi connectivity index (χ1n) is 5.70. The third-order valence-electron chi connectivity index (χ3n) is 1.80. The van der Waals surface area contributed by atoms with Crippen molar-refractivity contribution in [1.29, 1.82) is 0 Å². The molecule has 98 valence electrons. The van der Waals surface area contributed by atoms with Crippen LogP contribution in [0.5, 0.6) is 0 Å². The topological polar surface area (TPSA) is 52.6 Å². The van der Waals surface area contributed by atoms with E-state index in [1.54, 1.807) is 13.8 Å². The Bertz CT molecular complexity index is 309. The average Bonchev–Trinajstić information content (AvgIpc) is 2.11. The third-order valence-corrected chi connectivity index (χ3v) is 1.80. The fourth-order valence-corrected chi connectivity index (χ4v) is 0.974. The van der Waals surface area contributed by atoms with Gasteiger partial charge in [0.05, 0.1) is 6.61 Å². The molecule has 0 bridgehead atoms. The lowest BCUT2D eigenvalue weighted by atomic mass is 10.1. The monoisotopic (exact) mass is 242 g/mol. The molecule has 0 saturated carbocycles. The van der Waals surface area contributed by atoms with Gasteiger partial charge in [-0.05, 0) is 33.6 Å². The van der Waals surface area contributed by atoms with Crippen molar-refractivity contribution in [3.8, 4) is 0 Å². The van der Waals surface area contributed by atoms with E-state index in [1.807, 2.05) is 13.8 Å². The van der Waals surface area contributed by atoms with Gasteiger partial charge in [0.15, 0.2) is 0 Å². The Morgan fingerprint density at radius 3 is 2.18 bits per heavy atom. The summed E-state index contributed by atoms with van der Waals surface area (Å²) in [5.41, 5.74) is -0.431. The first kappa shape index (κ1) is 15.7. The summed E-state index contributed by atoms with van der Waals surface area (Å²) in [6, 6.07) is 0. The van der Waals surface area contributed by atoms with Crippen LogP contribution in [0.1, 0.15) is 41.5 Å². The molecule has 0 aromatic carbocycles. The Labute approximate surface area is 103 Å². The van der Waals surface area contributed by atoms with Crippen LogP contribution in [0.25, 0.3) is 0 Å². The number of rotatable bonds is 5. The van der Waals surface area contributed by atoms with Gasteiger partial charge in [0, 0.05) is 6.08 Å². The molecule has 17 heavy (non-hydrogen) atoms. The van der Waals surface area contributed by atoms with Gasteiger partial charge < -0.3 is 9.47 Å². The van der Waals surface area contributed by atoms with Crippen molar-refractivity contribution in [1.82, 2.24) is 0 Å². The van der Waals surface area contributed by atoms with Crippen LogP contribution in [0, 0.1) is 5.92 Å². The highest BCUT2D eigenvalue weighted by atomic mass is 16.6. The van der Waals surface area contributed by atoms with Crippen molar-refractivity contribution in [3.63, 3.8) is 0 Å². The van der Waals surface area contributed by atoms with Gasteiger partial charge in [-0.2, -0.15) is 0 Å². The number of carbonyl (C=O) groups is 2. The maximum absolute atomic E-state index is 11.7. The summed E-state index contributed by atoms with van der Waals surface area (Å²) in [7, 11) is 0. The molecule has 0 atom stereocenters. The molecule has 4 heteroatoms. The number of carbonyl (C=O) groups excluding carboxylic acids is 2. The van der Waals surface area contributed by atoms with Gasteiger partial charge in [0.25, 0.3) is 0 Å². The van der Waals surface area contributed by atoms with Crippen molar-refractivity contribution in [3.05, 3.63) is 11.6 Å². The molecule has 0 amide bonds. The molecular weight excluding hydrogens is 220 g/mol. The lowest BCUT2D eigenvalue weighted by molar-refractivity contribution is -0.176. The molecule has 0 aromatic heterocycles. The Morgan fingerprint density at radius 1 is 1.24 bits per heavy atom. The molecule has 0 saturated heterocycles. The number of ether oxygens (including phenoxy) is 2. The van der Waals surface area contributed by atoms with Crippen molar-refractivity contribution in [2.24, 2.45) is 5.92 Å². The van der Waals surface area contributed by atoms with E-state index in [-0.39, 0.29) is 5.92 Å². The predicted octanol–water partition coefficient (Wildman–Crippen LogP) is 2.47. The molecule has 0 aromatic rings. The van der Waals surface area contributed by atoms with Gasteiger partial charge in [-0.25, -0.2) is 9.59 Å². The van der Waals surface area contributed by atoms with Gasteiger partial charge in [0.2, 0.25) is 5.60 Å². The van der Waals surface area contributed by atoms with Gasteiger partial charge in [-0.15, -0.1) is 0 Å². The molecule has 0 unspecified atom stereocenters. The second-order valence-electron chi connectivity index (χ2n) is 5.15. The standard InChI is InChI=1S/C13H22O4/c1-9(2)7-11(14)17-13(5,6)12(15)16-8-10(3)4/h7,10H,8H2,1-6H3. The average molecular weight is 242 g/mol. The van der Waals surface area contributed by atoms with Crippen molar-refractivity contribution in [2.75, 3.05) is 6.61 Å². The smallest absolute Gasteiger partial charge is 0.350 e. The molecule has 0 heterocycles. The Hall–Kier alpha value is -1.32. The lowest BCUT2D eigenvalue weighted by Crippen LogP contribution is -2.39. The van der Waals surface area contributed by atoms with Crippen LogP contribution < -0.4 is 0 Å². The summed E-state index contributed by atoms with van der Waals surface area (Å²) in [5.74, 6) is -0.804. The minimum atomic E-state index is -1.25. The van der Waals surface area contributed by atoms with Crippen molar-refractivity contribution >= 4 is 11.9 Å². The molecule has 0 aliphatic heterocycles. The van der Waals surface area contributed by atoms with Crippen LogP contribution in [0.15, 0.2) is 11.6 Å². The second kappa shape index (κ2) is 6.42. The minimum absolute atomic E-state index is 0.253. The Balaban J connectivity index is 4.41. The minimum Gasteiger partial charge on any atom is -0.462 e. The number of esters is 2. The Morgan fingerprint density at radius 2 is 1.76 bits per heavy atom. The first-order valence-corrected chi connectivity index (χ1v) is 5.70. The summed E-state index contributed by atoms with van der Waals surface area (Å²) in [6.07, 6.45) is 1.34. The van der Waals surface area contributed by atoms with Gasteiger partial charge in [0.1, 0.15) is 0 Å². The zero-order valence-electron chi connectivity index (χ0n) is 11.5. The molecule has 4 nitrogen and oxygen atoms in total. The maximum Gasteiger partial charge on any atom is 0.350 e. The molecule has 0 fully saturated rings. The first-order chi connectivity index (χ1) is 7.65. The highest BCUT2D eigenvalue weighted by molar-refractivity contribution is 5.87. The lowest BCUT2D eigenvalue weighted by Gasteiger charge is -2.22. The quantitative estimate of drug-likeness (QED) is 0.549. The van der Waals surface area contributed by atoms with E-state index in [9.17, 15) is 9.59 Å². The van der Waals surface area contributed by atoms with E-state index < -0.39 is 17.5 Å². The predicted molar refractivity (Wildman–Crippen MR) is 65.4 cm³/mol. The highest BCUT2D eigenvalue weighted by Gasteiger charge is 2.33. The fraction of sp³-hybridized carbons (Fsp3) is 0.692. The fourth-order valence-electron chi connectivity index (χ4n) is 0.974. The summed E-state index contributed by atoms with van der Waals surface area (Å²) >= 11 is 0. The second-order valence-corrected chi connectivity index (χ2v) is 5.15. The largest absolute Gasteiger partial charge is 0.462 e. The zero-order chi connectivity index (χ0) is 13.6. The molecule has 0 rings (SSSR count). The van der Waals surface area contributed by atoms with E-state index in [1.165, 1.54) is 19.9 Å². The van der Waals surface area contributed by atoms with Crippen LogP contribution in [0.3, 0.4) is 0 Å². The number of hydrogen-bond acceptors (Lipinski definition) is 4. The Kier molecular flexibility index (Phi) is 5.93. The van der Waals surface area contributed by atoms with E-state index in [0.29, 0.717) is 6.61 Å². The molecular formula is C13H22O4. The summed E-state index contributed by atoms with van der Waals surface area (Å²) in [6.45, 7) is 10.8. The maximum atomic E-state index is 11.7. The van der Waals surface area contributed by atoms with Crippen molar-refractivity contribution < 1.29 is 19.1 Å². The summed E-state index contributed by atoms with van der Waals surface area (Å²) in [4.78, 5) is 23.1. The van der Waals surface area contributed by atoms with Gasteiger partial charge in [-0.3, -0.25) is 0 Å². The molecule has 0 N–H and O–H groups in total. The number of allylic oxidation sites excluding steroid dienone is 1. The number of hydrogen-bond donors (Lipinski definition) is 0. The zero-order valence-corrected chi connectivity index (χ0v) is 11.5. The van der Waals surface area contributed by atoms with Crippen LogP contribution in [0.2, 0.25) is 0 Å². The van der Waals surface area contributed by atoms with Crippen LogP contribution in [-0.2, 0) is 19.1 Å². The van der Waals surface area contributed by atoms with E-state index in [2.05, 4.69) is 0 Å². The van der Waals surface area contributed by atoms with E-state index >= 15 is 0 Å². The SMILES string of the molecule is CC(C)=CC(=O)OC(C)(C)C(=O)OCC(C)C. The van der Waals surface area contributed by atoms with E-state index in [4.69, 9.17) is 9.47 Å². The van der Waals surface area contributed by atoms with Crippen LogP contribution in [0.4, 0.5) is 0 Å². The van der Waals surface area contributed by atoms with E-state index in [0.717, 1.165) is 5.57 Å². The van der Waals surface area contributed by atoms with Gasteiger partial charge in [-0.1, -0.05) is 19.4 Å². The molecule has 0 radical (unpaired) electrons.